The minimum atomic E-state index is -3.83. The number of allylic oxidation sites excluding steroid dienone is 1. The van der Waals surface area contributed by atoms with Gasteiger partial charge in [-0.25, -0.2) is 17.8 Å². The van der Waals surface area contributed by atoms with E-state index in [2.05, 4.69) is 21.9 Å². The van der Waals surface area contributed by atoms with Gasteiger partial charge in [0.05, 0.1) is 11.8 Å². The third-order valence-corrected chi connectivity index (χ3v) is 11.2. The fraction of sp³-hybridized carbons (Fsp3) is 0.562. The average molecular weight is 627 g/mol. The number of halogens is 1. The Morgan fingerprint density at radius 3 is 2.70 bits per heavy atom. The molecule has 1 aromatic carbocycles. The molecule has 0 unspecified atom stereocenters. The molecule has 2 saturated carbocycles. The van der Waals surface area contributed by atoms with Crippen LogP contribution in [0.15, 0.2) is 42.6 Å². The van der Waals surface area contributed by atoms with Crippen molar-refractivity contribution in [2.75, 3.05) is 6.54 Å². The summed E-state index contributed by atoms with van der Waals surface area (Å²) in [5, 5.41) is 3.50. The van der Waals surface area contributed by atoms with Crippen molar-refractivity contribution < 1.29 is 31.9 Å². The number of benzene rings is 1. The highest BCUT2D eigenvalue weighted by Gasteiger charge is 2.62. The lowest BCUT2D eigenvalue weighted by atomic mass is 9.91. The summed E-state index contributed by atoms with van der Waals surface area (Å²) in [7, 11) is -3.83. The lowest BCUT2D eigenvalue weighted by Gasteiger charge is -2.27. The standard InChI is InChI=1S/C32H39FN4O6S/c1-19-5-3-4-6-22-17-32(22,31(40)36-44(41,42)25-9-10-25)35-29(39)27-16-24(18-37(27)28(38)14-20(2)13-19)43-30-26-15-23(33)8-7-21(26)11-12-34-30/h4,6-8,11-12,15,19-20,22,24-25,27H,3,5,9-10,13-14,16-18H2,1-2H3,(H,35,39)(H,36,40)/b6-4-/t19-,20-,22-,24-,27+,32-/m1/s1. The maximum absolute atomic E-state index is 14.1. The van der Waals surface area contributed by atoms with Crippen LogP contribution in [0, 0.1) is 23.6 Å². The molecule has 2 aliphatic heterocycles. The van der Waals surface area contributed by atoms with E-state index in [9.17, 15) is 27.2 Å². The maximum Gasteiger partial charge on any atom is 0.259 e. The van der Waals surface area contributed by atoms with Crippen molar-refractivity contribution in [2.24, 2.45) is 17.8 Å². The van der Waals surface area contributed by atoms with Gasteiger partial charge in [0.25, 0.3) is 5.91 Å². The molecule has 0 spiro atoms. The molecule has 0 radical (unpaired) electrons. The number of sulfonamides is 1. The second-order valence-electron chi connectivity index (χ2n) is 13.1. The fourth-order valence-corrected chi connectivity index (χ4v) is 8.05. The van der Waals surface area contributed by atoms with Crippen LogP contribution in [0.2, 0.25) is 0 Å². The van der Waals surface area contributed by atoms with Gasteiger partial charge < -0.3 is 15.0 Å². The van der Waals surface area contributed by atoms with E-state index >= 15 is 0 Å². The molecule has 3 heterocycles. The molecule has 44 heavy (non-hydrogen) atoms. The summed E-state index contributed by atoms with van der Waals surface area (Å²) in [6.45, 7) is 4.30. The number of aromatic nitrogens is 1. The van der Waals surface area contributed by atoms with E-state index in [4.69, 9.17) is 4.74 Å². The highest BCUT2D eigenvalue weighted by atomic mass is 32.2. The Hall–Kier alpha value is -3.54. The Morgan fingerprint density at radius 1 is 1.14 bits per heavy atom. The molecule has 3 fully saturated rings. The van der Waals surface area contributed by atoms with Crippen molar-refractivity contribution in [2.45, 2.75) is 88.1 Å². The van der Waals surface area contributed by atoms with Crippen molar-refractivity contribution in [3.8, 4) is 5.88 Å². The highest BCUT2D eigenvalue weighted by Crippen LogP contribution is 2.46. The Kier molecular flexibility index (Phi) is 8.15. The van der Waals surface area contributed by atoms with Crippen LogP contribution < -0.4 is 14.8 Å². The Labute approximate surface area is 256 Å². The first kappa shape index (κ1) is 30.5. The molecule has 2 aromatic rings. The van der Waals surface area contributed by atoms with Gasteiger partial charge in [-0.05, 0) is 73.9 Å². The van der Waals surface area contributed by atoms with Crippen LogP contribution in [0.25, 0.3) is 10.8 Å². The summed E-state index contributed by atoms with van der Waals surface area (Å²) in [4.78, 5) is 46.9. The SMILES string of the molecule is C[C@@H]1CC/C=C\[C@@H]2C[C@@]2(C(=O)NS(=O)(=O)C2CC2)NC(=O)[C@@H]2C[C@@H](Oc3nccc4ccc(F)cc34)CN2C(=O)C[C@H](C)C1. The Balaban J connectivity index is 1.28. The van der Waals surface area contributed by atoms with Gasteiger partial charge in [0.15, 0.2) is 0 Å². The number of carbonyl (C=O) groups excluding carboxylic acids is 3. The molecule has 12 heteroatoms. The van der Waals surface area contributed by atoms with E-state index in [1.54, 1.807) is 18.3 Å². The van der Waals surface area contributed by atoms with E-state index in [1.165, 1.54) is 17.0 Å². The molecule has 1 saturated heterocycles. The highest BCUT2D eigenvalue weighted by molar-refractivity contribution is 7.91. The molecule has 10 nitrogen and oxygen atoms in total. The third kappa shape index (κ3) is 6.31. The smallest absolute Gasteiger partial charge is 0.259 e. The van der Waals surface area contributed by atoms with E-state index in [0.29, 0.717) is 24.1 Å². The molecule has 236 valence electrons. The van der Waals surface area contributed by atoms with Crippen LogP contribution in [0.4, 0.5) is 4.39 Å². The predicted molar refractivity (Wildman–Crippen MR) is 161 cm³/mol. The minimum absolute atomic E-state index is 0.0937. The fourth-order valence-electron chi connectivity index (χ4n) is 6.68. The van der Waals surface area contributed by atoms with Crippen LogP contribution in [-0.4, -0.2) is 65.5 Å². The molecular formula is C32H39FN4O6S. The lowest BCUT2D eigenvalue weighted by Crippen LogP contribution is -2.56. The predicted octanol–water partition coefficient (Wildman–Crippen LogP) is 3.61. The zero-order valence-electron chi connectivity index (χ0n) is 25.0. The van der Waals surface area contributed by atoms with Crippen molar-refractivity contribution in [1.29, 1.82) is 0 Å². The average Bonchev–Trinajstić information content (AvgIpc) is 3.88. The summed E-state index contributed by atoms with van der Waals surface area (Å²) in [5.74, 6) is -1.61. The maximum atomic E-state index is 14.1. The van der Waals surface area contributed by atoms with Crippen molar-refractivity contribution in [1.82, 2.24) is 19.9 Å². The van der Waals surface area contributed by atoms with Crippen LogP contribution in [-0.2, 0) is 24.4 Å². The topological polar surface area (TPSA) is 135 Å². The molecule has 0 bridgehead atoms. The molecule has 2 aliphatic carbocycles. The summed E-state index contributed by atoms with van der Waals surface area (Å²) >= 11 is 0. The number of fused-ring (bicyclic) bond motifs is 3. The number of nitrogens with one attached hydrogen (secondary N) is 2. The van der Waals surface area contributed by atoms with E-state index in [-0.39, 0.29) is 49.4 Å². The number of hydrogen-bond acceptors (Lipinski definition) is 7. The van der Waals surface area contributed by atoms with E-state index in [0.717, 1.165) is 24.6 Å². The van der Waals surface area contributed by atoms with E-state index < -0.39 is 50.6 Å². The zero-order chi connectivity index (χ0) is 31.2. The number of carbonyl (C=O) groups is 3. The van der Waals surface area contributed by atoms with Crippen molar-refractivity contribution in [3.63, 3.8) is 0 Å². The number of pyridine rings is 1. The Bertz CT molecular complexity index is 1610. The third-order valence-electron chi connectivity index (χ3n) is 9.34. The lowest BCUT2D eigenvalue weighted by molar-refractivity contribution is -0.140. The first-order valence-corrected chi connectivity index (χ1v) is 17.0. The number of rotatable bonds is 5. The number of ether oxygens (including phenoxy) is 1. The van der Waals surface area contributed by atoms with Crippen LogP contribution in [0.5, 0.6) is 5.88 Å². The second-order valence-corrected chi connectivity index (χ2v) is 15.1. The first-order chi connectivity index (χ1) is 20.9. The first-order valence-electron chi connectivity index (χ1n) is 15.5. The minimum Gasteiger partial charge on any atom is -0.472 e. The molecule has 1 aromatic heterocycles. The van der Waals surface area contributed by atoms with Crippen molar-refractivity contribution in [3.05, 3.63) is 48.4 Å². The van der Waals surface area contributed by atoms with E-state index in [1.807, 2.05) is 19.1 Å². The summed E-state index contributed by atoms with van der Waals surface area (Å²) < 4.78 is 47.8. The van der Waals surface area contributed by atoms with Gasteiger partial charge in [0, 0.05) is 30.3 Å². The van der Waals surface area contributed by atoms with Gasteiger partial charge in [0.1, 0.15) is 23.5 Å². The van der Waals surface area contributed by atoms with Gasteiger partial charge in [0.2, 0.25) is 27.7 Å². The molecule has 4 aliphatic rings. The molecule has 3 amide bonds. The number of nitrogens with zero attached hydrogens (tertiary/aromatic N) is 2. The quantitative estimate of drug-likeness (QED) is 0.485. The van der Waals surface area contributed by atoms with Crippen LogP contribution in [0.3, 0.4) is 0 Å². The summed E-state index contributed by atoms with van der Waals surface area (Å²) in [6, 6.07) is 5.13. The molecule has 6 atom stereocenters. The molecular weight excluding hydrogens is 587 g/mol. The van der Waals surface area contributed by atoms with Gasteiger partial charge in [-0.15, -0.1) is 0 Å². The summed E-state index contributed by atoms with van der Waals surface area (Å²) in [6.07, 6.45) is 9.03. The second kappa shape index (κ2) is 11.8. The monoisotopic (exact) mass is 626 g/mol. The zero-order valence-corrected chi connectivity index (χ0v) is 25.8. The largest absolute Gasteiger partial charge is 0.472 e. The number of hydrogen-bond donors (Lipinski definition) is 2. The number of amides is 3. The van der Waals surface area contributed by atoms with Crippen molar-refractivity contribution >= 4 is 38.5 Å². The van der Waals surface area contributed by atoms with Crippen LogP contribution >= 0.6 is 0 Å². The van der Waals surface area contributed by atoms with Gasteiger partial charge in [-0.3, -0.25) is 19.1 Å². The van der Waals surface area contributed by atoms with Gasteiger partial charge in [-0.1, -0.05) is 32.1 Å². The summed E-state index contributed by atoms with van der Waals surface area (Å²) in [5.41, 5.74) is -1.42. The molecule has 2 N–H and O–H groups in total. The molecule has 6 rings (SSSR count). The van der Waals surface area contributed by atoms with Gasteiger partial charge in [-0.2, -0.15) is 0 Å². The Morgan fingerprint density at radius 2 is 1.93 bits per heavy atom. The van der Waals surface area contributed by atoms with Gasteiger partial charge >= 0.3 is 0 Å². The van der Waals surface area contributed by atoms with Crippen LogP contribution in [0.1, 0.15) is 65.2 Å². The normalized spacial score (nSPS) is 32.1.